The predicted molar refractivity (Wildman–Crippen MR) is 84.8 cm³/mol. The molecule has 1 aromatic carbocycles. The molecule has 0 aliphatic rings. The van der Waals surface area contributed by atoms with Gasteiger partial charge in [0.2, 0.25) is 5.78 Å². The van der Waals surface area contributed by atoms with Gasteiger partial charge in [0.25, 0.3) is 0 Å². The molecule has 6 heteroatoms. The van der Waals surface area contributed by atoms with E-state index in [4.69, 9.17) is 5.11 Å². The molecule has 5 nitrogen and oxygen atoms in total. The summed E-state index contributed by atoms with van der Waals surface area (Å²) < 4.78 is 2.64. The second-order valence-corrected chi connectivity index (χ2v) is 6.91. The average Bonchev–Trinajstić information content (AvgIpc) is 2.85. The van der Waals surface area contributed by atoms with Crippen LogP contribution in [0.1, 0.15) is 32.0 Å². The molecule has 3 aromatic rings. The van der Waals surface area contributed by atoms with Crippen molar-refractivity contribution in [2.24, 2.45) is 0 Å². The number of hydrogen-bond donors (Lipinski definition) is 2. The molecule has 2 aromatic heterocycles. The Morgan fingerprint density at radius 3 is 2.76 bits per heavy atom. The van der Waals surface area contributed by atoms with Crippen molar-refractivity contribution in [1.29, 1.82) is 0 Å². The Morgan fingerprint density at radius 2 is 2.14 bits per heavy atom. The van der Waals surface area contributed by atoms with Gasteiger partial charge in [-0.25, -0.2) is 4.98 Å². The van der Waals surface area contributed by atoms with Crippen molar-refractivity contribution in [1.82, 2.24) is 14.4 Å². The second-order valence-electron chi connectivity index (χ2n) is 6.16. The van der Waals surface area contributed by atoms with E-state index in [0.29, 0.717) is 16.1 Å². The number of imidazole rings is 2. The summed E-state index contributed by atoms with van der Waals surface area (Å²) in [5.74, 6) is -0.218. The minimum atomic E-state index is -0.875. The fraction of sp³-hybridized carbons (Fsp3) is 0.333. The molecule has 0 aliphatic carbocycles. The third kappa shape index (κ3) is 2.23. The molecule has 0 saturated carbocycles. The van der Waals surface area contributed by atoms with E-state index in [2.05, 4.69) is 52.7 Å². The summed E-state index contributed by atoms with van der Waals surface area (Å²) in [4.78, 5) is 18.6. The fourth-order valence-electron chi connectivity index (χ4n) is 2.58. The predicted octanol–water partition coefficient (Wildman–Crippen LogP) is 3.50. The van der Waals surface area contributed by atoms with Crippen molar-refractivity contribution in [2.75, 3.05) is 0 Å². The van der Waals surface area contributed by atoms with Crippen LogP contribution in [-0.4, -0.2) is 25.4 Å². The lowest BCUT2D eigenvalue weighted by Gasteiger charge is -2.19. The van der Waals surface area contributed by atoms with Crippen LogP contribution in [-0.2, 0) is 16.6 Å². The van der Waals surface area contributed by atoms with E-state index in [1.54, 1.807) is 0 Å². The highest BCUT2D eigenvalue weighted by atomic mass is 79.9. The Morgan fingerprint density at radius 1 is 1.43 bits per heavy atom. The van der Waals surface area contributed by atoms with Crippen LogP contribution in [0.15, 0.2) is 22.8 Å². The SMILES string of the molecule is CC(C)(C)c1cccc2c1nc1[nH]c(CC(=O)O)c(Br)n12. The van der Waals surface area contributed by atoms with Gasteiger partial charge in [-0.2, -0.15) is 0 Å². The van der Waals surface area contributed by atoms with E-state index in [0.717, 1.165) is 11.0 Å². The molecule has 2 N–H and O–H groups in total. The summed E-state index contributed by atoms with van der Waals surface area (Å²) in [6, 6.07) is 6.09. The first kappa shape index (κ1) is 14.1. The lowest BCUT2D eigenvalue weighted by atomic mass is 9.86. The van der Waals surface area contributed by atoms with Crippen LogP contribution >= 0.6 is 15.9 Å². The number of nitrogens with zero attached hydrogens (tertiary/aromatic N) is 2. The summed E-state index contributed by atoms with van der Waals surface area (Å²) in [5.41, 5.74) is 3.70. The highest BCUT2D eigenvalue weighted by molar-refractivity contribution is 9.10. The van der Waals surface area contributed by atoms with Crippen LogP contribution in [0.25, 0.3) is 16.8 Å². The molecule has 0 bridgehead atoms. The molecule has 0 fully saturated rings. The molecule has 2 heterocycles. The number of aliphatic carboxylic acids is 1. The van der Waals surface area contributed by atoms with Gasteiger partial charge in [-0.3, -0.25) is 9.20 Å². The first-order valence-corrected chi connectivity index (χ1v) is 7.48. The summed E-state index contributed by atoms with van der Waals surface area (Å²) in [7, 11) is 0. The molecule has 3 rings (SSSR count). The van der Waals surface area contributed by atoms with Crippen molar-refractivity contribution >= 4 is 38.7 Å². The highest BCUT2D eigenvalue weighted by Crippen LogP contribution is 2.32. The number of aromatic nitrogens is 3. The van der Waals surface area contributed by atoms with Crippen LogP contribution in [0.2, 0.25) is 0 Å². The molecular weight excluding hydrogens is 334 g/mol. The zero-order valence-corrected chi connectivity index (χ0v) is 13.7. The number of nitrogens with one attached hydrogen (secondary N) is 1. The Balaban J connectivity index is 2.31. The van der Waals surface area contributed by atoms with E-state index in [1.165, 1.54) is 5.56 Å². The summed E-state index contributed by atoms with van der Waals surface area (Å²) in [5, 5.41) is 8.95. The summed E-state index contributed by atoms with van der Waals surface area (Å²) in [6.07, 6.45) is -0.0651. The van der Waals surface area contributed by atoms with Gasteiger partial charge in [-0.1, -0.05) is 32.9 Å². The average molecular weight is 350 g/mol. The van der Waals surface area contributed by atoms with Gasteiger partial charge in [-0.15, -0.1) is 0 Å². The van der Waals surface area contributed by atoms with Gasteiger partial charge in [0.15, 0.2) is 0 Å². The Labute approximate surface area is 130 Å². The molecule has 110 valence electrons. The molecule has 0 spiro atoms. The van der Waals surface area contributed by atoms with Crippen LogP contribution in [0.5, 0.6) is 0 Å². The molecular formula is C15H16BrN3O2. The lowest BCUT2D eigenvalue weighted by Crippen LogP contribution is -2.11. The van der Waals surface area contributed by atoms with Crippen molar-refractivity contribution in [3.05, 3.63) is 34.1 Å². The van der Waals surface area contributed by atoms with Gasteiger partial charge < -0.3 is 10.1 Å². The number of aromatic amines is 1. The molecule has 0 aliphatic heterocycles. The number of hydrogen-bond acceptors (Lipinski definition) is 2. The summed E-state index contributed by atoms with van der Waals surface area (Å²) in [6.45, 7) is 6.46. The first-order chi connectivity index (χ1) is 9.79. The van der Waals surface area contributed by atoms with Crippen LogP contribution in [0.4, 0.5) is 0 Å². The van der Waals surface area contributed by atoms with Crippen LogP contribution in [0.3, 0.4) is 0 Å². The molecule has 0 unspecified atom stereocenters. The minimum absolute atomic E-state index is 0.00472. The topological polar surface area (TPSA) is 70.4 Å². The van der Waals surface area contributed by atoms with Gasteiger partial charge in [0.1, 0.15) is 4.60 Å². The maximum absolute atomic E-state index is 10.9. The summed E-state index contributed by atoms with van der Waals surface area (Å²) >= 11 is 3.48. The first-order valence-electron chi connectivity index (χ1n) is 6.69. The minimum Gasteiger partial charge on any atom is -0.481 e. The van der Waals surface area contributed by atoms with E-state index >= 15 is 0 Å². The molecule has 0 amide bonds. The highest BCUT2D eigenvalue weighted by Gasteiger charge is 2.22. The molecule has 21 heavy (non-hydrogen) atoms. The number of rotatable bonds is 2. The number of carbonyl (C=O) groups is 1. The smallest absolute Gasteiger partial charge is 0.309 e. The lowest BCUT2D eigenvalue weighted by molar-refractivity contribution is -0.136. The van der Waals surface area contributed by atoms with Gasteiger partial charge in [0, 0.05) is 0 Å². The van der Waals surface area contributed by atoms with Crippen molar-refractivity contribution in [2.45, 2.75) is 32.6 Å². The Bertz CT molecular complexity index is 855. The quantitative estimate of drug-likeness (QED) is 0.743. The van der Waals surface area contributed by atoms with Crippen LogP contribution in [0, 0.1) is 0 Å². The number of benzene rings is 1. The Hall–Kier alpha value is -1.82. The largest absolute Gasteiger partial charge is 0.481 e. The maximum atomic E-state index is 10.9. The van der Waals surface area contributed by atoms with Gasteiger partial charge >= 0.3 is 5.97 Å². The fourth-order valence-corrected chi connectivity index (χ4v) is 3.18. The third-order valence-electron chi connectivity index (χ3n) is 3.53. The number of carboxylic acid groups (broad SMARTS) is 1. The number of halogens is 1. The van der Waals surface area contributed by atoms with Crippen LogP contribution < -0.4 is 0 Å². The molecule has 0 radical (unpaired) electrons. The Kier molecular flexibility index (Phi) is 3.09. The second kappa shape index (κ2) is 4.59. The molecule has 0 atom stereocenters. The maximum Gasteiger partial charge on any atom is 0.309 e. The number of fused-ring (bicyclic) bond motifs is 3. The van der Waals surface area contributed by atoms with Crippen molar-refractivity contribution in [3.63, 3.8) is 0 Å². The monoisotopic (exact) mass is 349 g/mol. The van der Waals surface area contributed by atoms with E-state index in [9.17, 15) is 4.79 Å². The van der Waals surface area contributed by atoms with E-state index < -0.39 is 5.97 Å². The van der Waals surface area contributed by atoms with Gasteiger partial charge in [0.05, 0.1) is 23.1 Å². The number of para-hydroxylation sites is 1. The number of H-pyrrole nitrogens is 1. The van der Waals surface area contributed by atoms with Crippen molar-refractivity contribution in [3.8, 4) is 0 Å². The number of carboxylic acids is 1. The van der Waals surface area contributed by atoms with E-state index in [-0.39, 0.29) is 11.8 Å². The molecule has 0 saturated heterocycles. The van der Waals surface area contributed by atoms with E-state index in [1.807, 2.05) is 16.5 Å². The zero-order chi connectivity index (χ0) is 15.4. The van der Waals surface area contributed by atoms with Crippen molar-refractivity contribution < 1.29 is 9.90 Å². The third-order valence-corrected chi connectivity index (χ3v) is 4.36. The van der Waals surface area contributed by atoms with Gasteiger partial charge in [-0.05, 0) is 33.0 Å². The normalized spacial score (nSPS) is 12.4. The zero-order valence-electron chi connectivity index (χ0n) is 12.1. The standard InChI is InChI=1S/C15H16BrN3O2/c1-15(2,3)8-5-4-6-10-12(8)18-14-17-9(7-11(20)21)13(16)19(10)14/h4-6H,7H2,1-3H3,(H,17,18)(H,20,21).